The molecular weight excluding hydrogens is 300 g/mol. The average Bonchev–Trinajstić information content (AvgIpc) is 2.67. The second-order valence-corrected chi connectivity index (χ2v) is 7.25. The lowest BCUT2D eigenvalue weighted by atomic mass is 9.86. The minimum Gasteiger partial charge on any atom is -0.356 e. The van der Waals surface area contributed by atoms with E-state index >= 15 is 0 Å². The van der Waals surface area contributed by atoms with Gasteiger partial charge in [-0.2, -0.15) is 0 Å². The summed E-state index contributed by atoms with van der Waals surface area (Å²) in [5.74, 6) is 2.08. The van der Waals surface area contributed by atoms with Crippen molar-refractivity contribution in [3.63, 3.8) is 0 Å². The van der Waals surface area contributed by atoms with Crippen LogP contribution in [0.2, 0.25) is 0 Å². The fourth-order valence-electron chi connectivity index (χ4n) is 4.02. The number of rotatable bonds is 6. The summed E-state index contributed by atoms with van der Waals surface area (Å²) in [4.78, 5) is 23.1. The van der Waals surface area contributed by atoms with E-state index in [0.717, 1.165) is 50.8 Å². The van der Waals surface area contributed by atoms with Crippen molar-refractivity contribution in [2.75, 3.05) is 24.5 Å². The molecule has 2 heterocycles. The lowest BCUT2D eigenvalue weighted by Crippen LogP contribution is -2.41. The third kappa shape index (κ3) is 4.92. The molecule has 1 aliphatic carbocycles. The molecule has 2 fully saturated rings. The fourth-order valence-corrected chi connectivity index (χ4v) is 4.02. The molecule has 5 nitrogen and oxygen atoms in total. The maximum absolute atomic E-state index is 12.3. The van der Waals surface area contributed by atoms with Crippen molar-refractivity contribution >= 4 is 11.9 Å². The number of carbonyl (C=O) groups is 1. The lowest BCUT2D eigenvalue weighted by molar-refractivity contribution is -0.125. The quantitative estimate of drug-likeness (QED) is 0.814. The molecular formula is C19H30N4O. The van der Waals surface area contributed by atoms with Crippen LogP contribution in [0.15, 0.2) is 18.5 Å². The second-order valence-electron chi connectivity index (χ2n) is 7.25. The van der Waals surface area contributed by atoms with Gasteiger partial charge in [0.15, 0.2) is 0 Å². The van der Waals surface area contributed by atoms with Crippen LogP contribution in [0.4, 0.5) is 5.95 Å². The Morgan fingerprint density at radius 3 is 2.50 bits per heavy atom. The maximum Gasteiger partial charge on any atom is 0.225 e. The Bertz CT molecular complexity index is 493. The topological polar surface area (TPSA) is 58.1 Å². The number of piperidine rings is 1. The molecule has 0 atom stereocenters. The first-order valence-corrected chi connectivity index (χ1v) is 9.62. The number of nitrogens with one attached hydrogen (secondary N) is 1. The molecule has 5 heteroatoms. The Kier molecular flexibility index (Phi) is 6.44. The van der Waals surface area contributed by atoms with Crippen molar-refractivity contribution in [1.29, 1.82) is 0 Å². The van der Waals surface area contributed by atoms with Crippen LogP contribution >= 0.6 is 0 Å². The van der Waals surface area contributed by atoms with Gasteiger partial charge in [0.1, 0.15) is 0 Å². The van der Waals surface area contributed by atoms with Gasteiger partial charge in [0.25, 0.3) is 0 Å². The van der Waals surface area contributed by atoms with Gasteiger partial charge in [-0.3, -0.25) is 4.79 Å². The third-order valence-corrected chi connectivity index (χ3v) is 5.51. The van der Waals surface area contributed by atoms with Gasteiger partial charge >= 0.3 is 0 Å². The predicted molar refractivity (Wildman–Crippen MR) is 95.8 cm³/mol. The van der Waals surface area contributed by atoms with E-state index in [2.05, 4.69) is 20.2 Å². The molecule has 1 aromatic rings. The van der Waals surface area contributed by atoms with Crippen LogP contribution in [0, 0.1) is 11.8 Å². The zero-order valence-corrected chi connectivity index (χ0v) is 14.6. The molecule has 1 amide bonds. The molecule has 1 saturated heterocycles. The average molecular weight is 330 g/mol. The summed E-state index contributed by atoms with van der Waals surface area (Å²) < 4.78 is 0. The standard InChI is InChI=1S/C19H30N4O/c24-18(20-11-4-8-16-6-2-1-3-7-16)17-9-14-23(15-10-17)19-21-12-5-13-22-19/h5,12-13,16-17H,1-4,6-11,14-15H2,(H,20,24). The molecule has 0 aromatic carbocycles. The van der Waals surface area contributed by atoms with E-state index in [9.17, 15) is 4.79 Å². The van der Waals surface area contributed by atoms with Crippen molar-refractivity contribution in [2.24, 2.45) is 11.8 Å². The minimum atomic E-state index is 0.152. The summed E-state index contributed by atoms with van der Waals surface area (Å²) in [5, 5.41) is 3.16. The molecule has 0 bridgehead atoms. The number of hydrogen-bond donors (Lipinski definition) is 1. The highest BCUT2D eigenvalue weighted by atomic mass is 16.1. The van der Waals surface area contributed by atoms with E-state index < -0.39 is 0 Å². The molecule has 0 spiro atoms. The van der Waals surface area contributed by atoms with Crippen molar-refractivity contribution < 1.29 is 4.79 Å². The fraction of sp³-hybridized carbons (Fsp3) is 0.737. The summed E-state index contributed by atoms with van der Waals surface area (Å²) in [6, 6.07) is 1.83. The van der Waals surface area contributed by atoms with Crippen LogP contribution in [-0.2, 0) is 4.79 Å². The van der Waals surface area contributed by atoms with E-state index in [1.807, 2.05) is 6.07 Å². The van der Waals surface area contributed by atoms with Crippen molar-refractivity contribution in [3.8, 4) is 0 Å². The summed E-state index contributed by atoms with van der Waals surface area (Å²) in [5.41, 5.74) is 0. The van der Waals surface area contributed by atoms with E-state index in [1.165, 1.54) is 38.5 Å². The van der Waals surface area contributed by atoms with Crippen molar-refractivity contribution in [2.45, 2.75) is 57.8 Å². The highest BCUT2D eigenvalue weighted by Gasteiger charge is 2.25. The van der Waals surface area contributed by atoms with E-state index in [-0.39, 0.29) is 11.8 Å². The van der Waals surface area contributed by atoms with E-state index in [0.29, 0.717) is 0 Å². The Balaban J connectivity index is 1.32. The van der Waals surface area contributed by atoms with Crippen LogP contribution in [0.3, 0.4) is 0 Å². The van der Waals surface area contributed by atoms with Crippen LogP contribution in [0.25, 0.3) is 0 Å². The van der Waals surface area contributed by atoms with Gasteiger partial charge in [-0.05, 0) is 37.7 Å². The summed E-state index contributed by atoms with van der Waals surface area (Å²) in [7, 11) is 0. The minimum absolute atomic E-state index is 0.152. The van der Waals surface area contributed by atoms with Gasteiger partial charge in [0.2, 0.25) is 11.9 Å². The highest BCUT2D eigenvalue weighted by molar-refractivity contribution is 5.78. The lowest BCUT2D eigenvalue weighted by Gasteiger charge is -2.31. The van der Waals surface area contributed by atoms with Gasteiger partial charge < -0.3 is 10.2 Å². The van der Waals surface area contributed by atoms with Gasteiger partial charge in [0.05, 0.1) is 0 Å². The molecule has 2 aliphatic rings. The van der Waals surface area contributed by atoms with E-state index in [4.69, 9.17) is 0 Å². The summed E-state index contributed by atoms with van der Waals surface area (Å²) >= 11 is 0. The first kappa shape index (κ1) is 17.2. The largest absolute Gasteiger partial charge is 0.356 e. The summed E-state index contributed by atoms with van der Waals surface area (Å²) in [6.07, 6.45) is 14.8. The Morgan fingerprint density at radius 1 is 1.08 bits per heavy atom. The molecule has 1 saturated carbocycles. The van der Waals surface area contributed by atoms with Gasteiger partial charge in [-0.15, -0.1) is 0 Å². The van der Waals surface area contributed by atoms with Crippen LogP contribution in [0.5, 0.6) is 0 Å². The number of anilines is 1. The first-order chi connectivity index (χ1) is 11.8. The second kappa shape index (κ2) is 9.00. The highest BCUT2D eigenvalue weighted by Crippen LogP contribution is 2.27. The van der Waals surface area contributed by atoms with Crippen LogP contribution < -0.4 is 10.2 Å². The smallest absolute Gasteiger partial charge is 0.225 e. The molecule has 0 unspecified atom stereocenters. The molecule has 1 aliphatic heterocycles. The number of hydrogen-bond acceptors (Lipinski definition) is 4. The monoisotopic (exact) mass is 330 g/mol. The molecule has 1 aromatic heterocycles. The molecule has 3 rings (SSSR count). The zero-order chi connectivity index (χ0) is 16.6. The van der Waals surface area contributed by atoms with Crippen LogP contribution in [-0.4, -0.2) is 35.5 Å². The number of aromatic nitrogens is 2. The molecule has 0 radical (unpaired) electrons. The molecule has 24 heavy (non-hydrogen) atoms. The molecule has 1 N–H and O–H groups in total. The van der Waals surface area contributed by atoms with Crippen molar-refractivity contribution in [1.82, 2.24) is 15.3 Å². The first-order valence-electron chi connectivity index (χ1n) is 9.62. The maximum atomic E-state index is 12.3. The number of amides is 1. The third-order valence-electron chi connectivity index (χ3n) is 5.51. The van der Waals surface area contributed by atoms with E-state index in [1.54, 1.807) is 12.4 Å². The summed E-state index contributed by atoms with van der Waals surface area (Å²) in [6.45, 7) is 2.58. The van der Waals surface area contributed by atoms with Crippen molar-refractivity contribution in [3.05, 3.63) is 18.5 Å². The van der Waals surface area contributed by atoms with Gasteiger partial charge in [-0.1, -0.05) is 32.1 Å². The van der Waals surface area contributed by atoms with Gasteiger partial charge in [-0.25, -0.2) is 9.97 Å². The number of nitrogens with zero attached hydrogens (tertiary/aromatic N) is 3. The van der Waals surface area contributed by atoms with Crippen LogP contribution in [0.1, 0.15) is 57.8 Å². The molecule has 132 valence electrons. The normalized spacial score (nSPS) is 20.1. The predicted octanol–water partition coefficient (Wildman–Crippen LogP) is 3.17. The Hall–Kier alpha value is -1.65. The zero-order valence-electron chi connectivity index (χ0n) is 14.6. The SMILES string of the molecule is O=C(NCCCC1CCCCC1)C1CCN(c2ncccn2)CC1. The Morgan fingerprint density at radius 2 is 1.79 bits per heavy atom. The van der Waals surface area contributed by atoms with Gasteiger partial charge in [0, 0.05) is 37.9 Å². The number of carbonyl (C=O) groups excluding carboxylic acids is 1. The Labute approximate surface area is 145 Å².